The fourth-order valence-corrected chi connectivity index (χ4v) is 2.70. The van der Waals surface area contributed by atoms with Crippen LogP contribution < -0.4 is 10.4 Å². The van der Waals surface area contributed by atoms with Gasteiger partial charge >= 0.3 is 11.6 Å². The van der Waals surface area contributed by atoms with Gasteiger partial charge in [0, 0.05) is 30.0 Å². The second-order valence-electron chi connectivity index (χ2n) is 5.86. The van der Waals surface area contributed by atoms with E-state index in [2.05, 4.69) is 0 Å². The van der Waals surface area contributed by atoms with E-state index in [-0.39, 0.29) is 0 Å². The second kappa shape index (κ2) is 4.84. The Hall–Kier alpha value is -2.34. The number of carbonyl (C=O) groups is 1. The lowest BCUT2D eigenvalue weighted by Gasteiger charge is -2.41. The number of carbonyl (C=O) groups excluding carboxylic acids is 1. The molecule has 3 rings (SSSR count). The first-order valence-electron chi connectivity index (χ1n) is 6.90. The van der Waals surface area contributed by atoms with Crippen molar-refractivity contribution in [2.75, 3.05) is 0 Å². The highest BCUT2D eigenvalue weighted by Crippen LogP contribution is 2.42. The van der Waals surface area contributed by atoms with Crippen LogP contribution in [-0.4, -0.2) is 22.8 Å². The highest BCUT2D eigenvalue weighted by Gasteiger charge is 2.45. The SMILES string of the molecule is CC(=O)O[C@H]1[C@H](O)c2cc3ccc(=O)oc3cc2OC1(C)C. The van der Waals surface area contributed by atoms with Crippen molar-refractivity contribution in [1.29, 1.82) is 0 Å². The van der Waals surface area contributed by atoms with Crippen molar-refractivity contribution in [3.05, 3.63) is 40.2 Å². The molecule has 1 N–H and O–H groups in total. The number of hydrogen-bond donors (Lipinski definition) is 1. The molecule has 1 aliphatic heterocycles. The van der Waals surface area contributed by atoms with E-state index < -0.39 is 29.4 Å². The van der Waals surface area contributed by atoms with Gasteiger partial charge in [-0.3, -0.25) is 4.79 Å². The van der Waals surface area contributed by atoms with Crippen LogP contribution in [-0.2, 0) is 9.53 Å². The summed E-state index contributed by atoms with van der Waals surface area (Å²) in [5.41, 5.74) is -0.506. The zero-order chi connectivity index (χ0) is 16.1. The number of rotatable bonds is 1. The molecule has 0 unspecified atom stereocenters. The minimum Gasteiger partial charge on any atom is -0.483 e. The Labute approximate surface area is 126 Å². The molecule has 0 amide bonds. The van der Waals surface area contributed by atoms with Crippen LogP contribution in [0.4, 0.5) is 0 Å². The molecule has 0 fully saturated rings. The van der Waals surface area contributed by atoms with Crippen molar-refractivity contribution in [3.8, 4) is 5.75 Å². The van der Waals surface area contributed by atoms with Gasteiger partial charge < -0.3 is 19.0 Å². The molecule has 6 nitrogen and oxygen atoms in total. The van der Waals surface area contributed by atoms with E-state index >= 15 is 0 Å². The first-order valence-corrected chi connectivity index (χ1v) is 6.90. The van der Waals surface area contributed by atoms with Gasteiger partial charge in [0.2, 0.25) is 0 Å². The summed E-state index contributed by atoms with van der Waals surface area (Å²) in [4.78, 5) is 22.6. The Morgan fingerprint density at radius 2 is 2.05 bits per heavy atom. The van der Waals surface area contributed by atoms with Crippen LogP contribution in [0.5, 0.6) is 5.75 Å². The van der Waals surface area contributed by atoms with Crippen LogP contribution in [0.15, 0.2) is 33.5 Å². The lowest BCUT2D eigenvalue weighted by Crippen LogP contribution is -2.50. The van der Waals surface area contributed by atoms with Crippen LogP contribution in [0.2, 0.25) is 0 Å². The summed E-state index contributed by atoms with van der Waals surface area (Å²) in [5.74, 6) is -0.0845. The molecule has 0 bridgehead atoms. The van der Waals surface area contributed by atoms with Crippen molar-refractivity contribution in [1.82, 2.24) is 0 Å². The number of hydrogen-bond acceptors (Lipinski definition) is 6. The maximum atomic E-state index is 11.3. The van der Waals surface area contributed by atoms with E-state index in [0.717, 1.165) is 0 Å². The predicted molar refractivity (Wildman–Crippen MR) is 77.7 cm³/mol. The molecule has 0 radical (unpaired) electrons. The number of fused-ring (bicyclic) bond motifs is 2. The average Bonchev–Trinajstić information content (AvgIpc) is 2.41. The van der Waals surface area contributed by atoms with Gasteiger partial charge in [0.1, 0.15) is 23.0 Å². The number of esters is 1. The third-order valence-electron chi connectivity index (χ3n) is 3.71. The summed E-state index contributed by atoms with van der Waals surface area (Å²) in [5, 5.41) is 11.2. The molecule has 2 aromatic rings. The molecule has 0 aliphatic carbocycles. The van der Waals surface area contributed by atoms with Crippen LogP contribution in [0, 0.1) is 0 Å². The average molecular weight is 304 g/mol. The van der Waals surface area contributed by atoms with Crippen molar-refractivity contribution >= 4 is 16.9 Å². The molecule has 2 heterocycles. The fraction of sp³-hybridized carbons (Fsp3) is 0.375. The monoisotopic (exact) mass is 304 g/mol. The molecule has 116 valence electrons. The van der Waals surface area contributed by atoms with Crippen molar-refractivity contribution in [2.45, 2.75) is 38.6 Å². The normalized spacial score (nSPS) is 22.7. The van der Waals surface area contributed by atoms with Crippen LogP contribution in [0.3, 0.4) is 0 Å². The summed E-state index contributed by atoms with van der Waals surface area (Å²) in [6, 6.07) is 6.15. The van der Waals surface area contributed by atoms with Gasteiger partial charge in [-0.1, -0.05) is 0 Å². The van der Waals surface area contributed by atoms with Gasteiger partial charge in [0.15, 0.2) is 6.10 Å². The number of benzene rings is 1. The van der Waals surface area contributed by atoms with Crippen molar-refractivity contribution in [3.63, 3.8) is 0 Å². The van der Waals surface area contributed by atoms with Crippen LogP contribution >= 0.6 is 0 Å². The highest BCUT2D eigenvalue weighted by molar-refractivity contribution is 5.80. The van der Waals surface area contributed by atoms with Crippen LogP contribution in [0.25, 0.3) is 11.0 Å². The first kappa shape index (κ1) is 14.6. The molecule has 2 atom stereocenters. The van der Waals surface area contributed by atoms with Gasteiger partial charge in [-0.25, -0.2) is 4.79 Å². The van der Waals surface area contributed by atoms with E-state index in [1.807, 2.05) is 0 Å². The molecule has 22 heavy (non-hydrogen) atoms. The Bertz CT molecular complexity index is 804. The van der Waals surface area contributed by atoms with Crippen molar-refractivity contribution < 1.29 is 23.8 Å². The van der Waals surface area contributed by atoms with E-state index in [0.29, 0.717) is 22.3 Å². The predicted octanol–water partition coefficient (Wildman–Crippen LogP) is 1.93. The van der Waals surface area contributed by atoms with E-state index in [9.17, 15) is 14.7 Å². The van der Waals surface area contributed by atoms with Gasteiger partial charge in [-0.2, -0.15) is 0 Å². The fourth-order valence-electron chi connectivity index (χ4n) is 2.70. The van der Waals surface area contributed by atoms with Gasteiger partial charge in [-0.05, 0) is 26.0 Å². The van der Waals surface area contributed by atoms with Crippen molar-refractivity contribution in [2.24, 2.45) is 0 Å². The molecular formula is C16H16O6. The Kier molecular flexibility index (Phi) is 3.21. The molecular weight excluding hydrogens is 288 g/mol. The maximum Gasteiger partial charge on any atom is 0.336 e. The Morgan fingerprint density at radius 1 is 1.32 bits per heavy atom. The third kappa shape index (κ3) is 2.35. The Balaban J connectivity index is 2.15. The number of ether oxygens (including phenoxy) is 2. The summed E-state index contributed by atoms with van der Waals surface area (Å²) < 4.78 is 16.2. The molecule has 1 aromatic carbocycles. The van der Waals surface area contributed by atoms with Gasteiger partial charge in [0.25, 0.3) is 0 Å². The molecule has 1 aliphatic rings. The minimum absolute atomic E-state index is 0.375. The van der Waals surface area contributed by atoms with E-state index in [4.69, 9.17) is 13.9 Å². The quantitative estimate of drug-likeness (QED) is 0.640. The zero-order valence-corrected chi connectivity index (χ0v) is 12.5. The molecule has 6 heteroatoms. The topological polar surface area (TPSA) is 86.0 Å². The standard InChI is InChI=1S/C16H16O6/c1-8(17)20-15-14(19)10-6-9-4-5-13(18)21-11(9)7-12(10)22-16(15,2)3/h4-7,14-15,19H,1-3H3/t14-,15+/m1/s1. The molecule has 0 spiro atoms. The minimum atomic E-state index is -1.03. The maximum absolute atomic E-state index is 11.3. The Morgan fingerprint density at radius 3 is 2.73 bits per heavy atom. The lowest BCUT2D eigenvalue weighted by atomic mass is 9.88. The summed E-state index contributed by atoms with van der Waals surface area (Å²) >= 11 is 0. The smallest absolute Gasteiger partial charge is 0.336 e. The summed E-state index contributed by atoms with van der Waals surface area (Å²) in [7, 11) is 0. The second-order valence-corrected chi connectivity index (χ2v) is 5.86. The number of aliphatic hydroxyl groups excluding tert-OH is 1. The van der Waals surface area contributed by atoms with Gasteiger partial charge in [0.05, 0.1) is 0 Å². The van der Waals surface area contributed by atoms with Gasteiger partial charge in [-0.15, -0.1) is 0 Å². The largest absolute Gasteiger partial charge is 0.483 e. The third-order valence-corrected chi connectivity index (χ3v) is 3.71. The van der Waals surface area contributed by atoms with Crippen LogP contribution in [0.1, 0.15) is 32.4 Å². The lowest BCUT2D eigenvalue weighted by molar-refractivity contribution is -0.175. The summed E-state index contributed by atoms with van der Waals surface area (Å²) in [6.07, 6.45) is -1.86. The molecule has 0 saturated heterocycles. The molecule has 1 aromatic heterocycles. The first-order chi connectivity index (χ1) is 10.3. The molecule has 0 saturated carbocycles. The number of aliphatic hydroxyl groups is 1. The zero-order valence-electron chi connectivity index (χ0n) is 12.5. The highest BCUT2D eigenvalue weighted by atomic mass is 16.6. The van der Waals surface area contributed by atoms with E-state index in [1.54, 1.807) is 32.0 Å². The van der Waals surface area contributed by atoms with E-state index in [1.165, 1.54) is 13.0 Å². The summed E-state index contributed by atoms with van der Waals surface area (Å²) in [6.45, 7) is 4.73.